The number of halogens is 3. The number of nitrogens with zero attached hydrogens (tertiary/aromatic N) is 2. The van der Waals surface area contributed by atoms with Crippen LogP contribution >= 0.6 is 11.6 Å². The van der Waals surface area contributed by atoms with Crippen molar-refractivity contribution in [2.24, 2.45) is 4.99 Å². The Morgan fingerprint density at radius 2 is 2.03 bits per heavy atom. The first-order valence-electron chi connectivity index (χ1n) is 8.96. The fraction of sp³-hybridized carbons (Fsp3) is 0.143. The number of rotatable bonds is 4. The Kier molecular flexibility index (Phi) is 5.05. The van der Waals surface area contributed by atoms with Crippen molar-refractivity contribution in [1.29, 1.82) is 0 Å². The molecule has 1 aromatic heterocycles. The van der Waals surface area contributed by atoms with Gasteiger partial charge >= 0.3 is 5.69 Å². The van der Waals surface area contributed by atoms with E-state index in [1.165, 1.54) is 12.1 Å². The largest absolute Gasteiger partial charge is 0.493 e. The number of hydrogen-bond donors (Lipinski definition) is 3. The van der Waals surface area contributed by atoms with E-state index < -0.39 is 35.9 Å². The number of allylic oxidation sites excluding steroid dienone is 1. The van der Waals surface area contributed by atoms with Gasteiger partial charge in [0.05, 0.1) is 18.3 Å². The molecule has 0 radical (unpaired) electrons. The quantitative estimate of drug-likeness (QED) is 0.584. The van der Waals surface area contributed by atoms with E-state index in [-0.39, 0.29) is 11.3 Å². The molecular weight excluding hydrogens is 416 g/mol. The van der Waals surface area contributed by atoms with Gasteiger partial charge in [0, 0.05) is 22.4 Å². The topological polar surface area (TPSA) is 90.6 Å². The third-order valence-corrected chi connectivity index (χ3v) is 5.46. The molecule has 3 N–H and O–H groups in total. The summed E-state index contributed by atoms with van der Waals surface area (Å²) in [5, 5.41) is 21.0. The Bertz CT molecular complexity index is 1280. The number of hydrogen-bond acceptors (Lipinski definition) is 4. The molecule has 1 aliphatic heterocycles. The molecule has 9 heteroatoms. The SMILES string of the molecule is Cc1c(Cl)ccc2c1N=CC2=Cc1[nH]c(=O)n(C(CO)c2ccc(F)c(F)c2)c1O. The Balaban J connectivity index is 1.78. The number of aromatic amines is 1. The third-order valence-electron chi connectivity index (χ3n) is 5.05. The second-order valence-electron chi connectivity index (χ2n) is 6.84. The molecule has 30 heavy (non-hydrogen) atoms. The van der Waals surface area contributed by atoms with Gasteiger partial charge in [0.25, 0.3) is 0 Å². The van der Waals surface area contributed by atoms with Crippen LogP contribution in [0.15, 0.2) is 40.1 Å². The van der Waals surface area contributed by atoms with E-state index in [9.17, 15) is 23.8 Å². The standard InChI is InChI=1S/C21H16ClF2N3O3/c1-10-14(22)4-3-13-12(8-25-19(10)13)7-17-20(29)27(21(30)26-17)18(9-28)11-2-5-15(23)16(24)6-11/h2-8,18,28-29H,9H2,1H3,(H,26,30). The highest BCUT2D eigenvalue weighted by Gasteiger charge is 2.24. The number of aliphatic hydroxyl groups is 1. The Morgan fingerprint density at radius 3 is 2.73 bits per heavy atom. The van der Waals surface area contributed by atoms with Gasteiger partial charge in [-0.05, 0) is 42.3 Å². The van der Waals surface area contributed by atoms with E-state index in [0.29, 0.717) is 16.3 Å². The van der Waals surface area contributed by atoms with Crippen molar-refractivity contribution in [3.05, 3.63) is 79.9 Å². The van der Waals surface area contributed by atoms with Crippen LogP contribution in [0.5, 0.6) is 5.88 Å². The van der Waals surface area contributed by atoms with Crippen LogP contribution in [-0.4, -0.2) is 32.6 Å². The van der Waals surface area contributed by atoms with Gasteiger partial charge in [-0.15, -0.1) is 0 Å². The minimum Gasteiger partial charge on any atom is -0.493 e. The highest BCUT2D eigenvalue weighted by Crippen LogP contribution is 2.39. The zero-order valence-corrected chi connectivity index (χ0v) is 16.4. The maximum Gasteiger partial charge on any atom is 0.329 e. The molecule has 154 valence electrons. The van der Waals surface area contributed by atoms with Gasteiger partial charge in [0.1, 0.15) is 5.69 Å². The Labute approximate surface area is 174 Å². The van der Waals surface area contributed by atoms with Gasteiger partial charge in [0.2, 0.25) is 5.88 Å². The summed E-state index contributed by atoms with van der Waals surface area (Å²) in [6.07, 6.45) is 3.12. The molecule has 1 aliphatic rings. The molecule has 0 amide bonds. The molecule has 0 fully saturated rings. The second-order valence-corrected chi connectivity index (χ2v) is 7.24. The average molecular weight is 432 g/mol. The van der Waals surface area contributed by atoms with Crippen molar-refractivity contribution >= 4 is 35.2 Å². The van der Waals surface area contributed by atoms with Crippen LogP contribution in [0.4, 0.5) is 14.5 Å². The third kappa shape index (κ3) is 3.24. The van der Waals surface area contributed by atoms with Crippen LogP contribution < -0.4 is 5.69 Å². The summed E-state index contributed by atoms with van der Waals surface area (Å²) in [4.78, 5) is 19.4. The number of aliphatic hydroxyl groups excluding tert-OH is 1. The Hall–Kier alpha value is -3.23. The Morgan fingerprint density at radius 1 is 1.27 bits per heavy atom. The number of aromatic nitrogens is 2. The molecule has 4 rings (SSSR count). The molecule has 2 aromatic carbocycles. The minimum absolute atomic E-state index is 0.0861. The number of imidazole rings is 1. The van der Waals surface area contributed by atoms with E-state index in [1.54, 1.807) is 18.3 Å². The first-order valence-corrected chi connectivity index (χ1v) is 9.34. The number of aliphatic imine (C=N–C) groups is 1. The summed E-state index contributed by atoms with van der Waals surface area (Å²) < 4.78 is 27.8. The smallest absolute Gasteiger partial charge is 0.329 e. The van der Waals surface area contributed by atoms with Crippen LogP contribution in [0.2, 0.25) is 5.02 Å². The molecule has 2 heterocycles. The minimum atomic E-state index is -1.12. The summed E-state index contributed by atoms with van der Waals surface area (Å²) in [6, 6.07) is 5.42. The van der Waals surface area contributed by atoms with Crippen molar-refractivity contribution in [3.63, 3.8) is 0 Å². The first-order chi connectivity index (χ1) is 14.3. The summed E-state index contributed by atoms with van der Waals surface area (Å²) in [6.45, 7) is 1.22. The number of benzene rings is 2. The highest BCUT2D eigenvalue weighted by atomic mass is 35.5. The fourth-order valence-corrected chi connectivity index (χ4v) is 3.60. The van der Waals surface area contributed by atoms with Crippen molar-refractivity contribution in [2.45, 2.75) is 13.0 Å². The lowest BCUT2D eigenvalue weighted by Gasteiger charge is -2.16. The number of nitrogens with one attached hydrogen (secondary N) is 1. The fourth-order valence-electron chi connectivity index (χ4n) is 3.45. The van der Waals surface area contributed by atoms with Crippen LogP contribution in [-0.2, 0) is 0 Å². The van der Waals surface area contributed by atoms with Crippen molar-refractivity contribution < 1.29 is 19.0 Å². The lowest BCUT2D eigenvalue weighted by atomic mass is 10.0. The van der Waals surface area contributed by atoms with E-state index in [1.807, 2.05) is 6.92 Å². The van der Waals surface area contributed by atoms with Crippen LogP contribution in [0.3, 0.4) is 0 Å². The monoisotopic (exact) mass is 431 g/mol. The summed E-state index contributed by atoms with van der Waals surface area (Å²) >= 11 is 6.12. The maximum absolute atomic E-state index is 13.6. The van der Waals surface area contributed by atoms with Gasteiger partial charge in [0.15, 0.2) is 11.6 Å². The molecule has 0 aliphatic carbocycles. The molecule has 3 aromatic rings. The molecule has 1 atom stereocenters. The van der Waals surface area contributed by atoms with E-state index >= 15 is 0 Å². The van der Waals surface area contributed by atoms with Gasteiger partial charge in [-0.1, -0.05) is 23.7 Å². The van der Waals surface area contributed by atoms with Crippen molar-refractivity contribution in [3.8, 4) is 5.88 Å². The maximum atomic E-state index is 13.6. The highest BCUT2D eigenvalue weighted by molar-refractivity contribution is 6.32. The van der Waals surface area contributed by atoms with Gasteiger partial charge in [-0.3, -0.25) is 9.56 Å². The van der Waals surface area contributed by atoms with Crippen LogP contribution in [0, 0.1) is 18.6 Å². The van der Waals surface area contributed by atoms with E-state index in [4.69, 9.17) is 11.6 Å². The lowest BCUT2D eigenvalue weighted by Crippen LogP contribution is -2.25. The second kappa shape index (κ2) is 7.55. The number of fused-ring (bicyclic) bond motifs is 1. The van der Waals surface area contributed by atoms with Crippen molar-refractivity contribution in [2.75, 3.05) is 6.61 Å². The first kappa shape index (κ1) is 20.1. The number of H-pyrrole nitrogens is 1. The predicted molar refractivity (Wildman–Crippen MR) is 111 cm³/mol. The van der Waals surface area contributed by atoms with Gasteiger partial charge in [-0.2, -0.15) is 0 Å². The summed E-state index contributed by atoms with van der Waals surface area (Å²) in [5.41, 5.74) is 2.43. The van der Waals surface area contributed by atoms with E-state index in [0.717, 1.165) is 27.8 Å². The molecular formula is C21H16ClF2N3O3. The summed E-state index contributed by atoms with van der Waals surface area (Å²) in [7, 11) is 0. The van der Waals surface area contributed by atoms with E-state index in [2.05, 4.69) is 9.98 Å². The molecule has 1 unspecified atom stereocenters. The van der Waals surface area contributed by atoms with Crippen LogP contribution in [0.1, 0.15) is 28.4 Å². The average Bonchev–Trinajstić information content (AvgIpc) is 3.24. The van der Waals surface area contributed by atoms with Gasteiger partial charge < -0.3 is 15.2 Å². The predicted octanol–water partition coefficient (Wildman–Crippen LogP) is 3.96. The molecule has 0 saturated heterocycles. The molecule has 0 saturated carbocycles. The molecule has 6 nitrogen and oxygen atoms in total. The number of aromatic hydroxyl groups is 1. The zero-order valence-electron chi connectivity index (χ0n) is 15.7. The van der Waals surface area contributed by atoms with Crippen LogP contribution in [0.25, 0.3) is 11.6 Å². The normalized spacial score (nSPS) is 15.0. The van der Waals surface area contributed by atoms with Gasteiger partial charge in [-0.25, -0.2) is 13.6 Å². The summed E-state index contributed by atoms with van der Waals surface area (Å²) in [5.74, 6) is -2.63. The lowest BCUT2D eigenvalue weighted by molar-refractivity contribution is 0.236. The molecule has 0 bridgehead atoms. The molecule has 0 spiro atoms. The zero-order chi connectivity index (χ0) is 21.6. The van der Waals surface area contributed by atoms with Crippen molar-refractivity contribution in [1.82, 2.24) is 9.55 Å².